The molecule has 2 aromatic carbocycles. The number of halogens is 4. The Morgan fingerprint density at radius 1 is 1.14 bits per heavy atom. The van der Waals surface area contributed by atoms with E-state index >= 15 is 0 Å². The van der Waals surface area contributed by atoms with E-state index in [1.165, 1.54) is 18.2 Å². The third-order valence-corrected chi connectivity index (χ3v) is 7.18. The van der Waals surface area contributed by atoms with E-state index in [1.807, 2.05) is 6.07 Å². The number of carboxylic acid groups (broad SMARTS) is 1. The molecule has 0 saturated heterocycles. The van der Waals surface area contributed by atoms with Crippen LogP contribution in [0.3, 0.4) is 0 Å². The summed E-state index contributed by atoms with van der Waals surface area (Å²) in [6, 6.07) is 8.28. The Morgan fingerprint density at radius 2 is 1.90 bits per heavy atom. The van der Waals surface area contributed by atoms with Crippen molar-refractivity contribution in [3.63, 3.8) is 0 Å². The highest BCUT2D eigenvalue weighted by molar-refractivity contribution is 6.31. The normalized spacial score (nSPS) is 29.9. The topological polar surface area (TPSA) is 49.3 Å². The quantitative estimate of drug-likeness (QED) is 0.593. The summed E-state index contributed by atoms with van der Waals surface area (Å²) in [6.45, 7) is 0. The van der Waals surface area contributed by atoms with E-state index in [2.05, 4.69) is 5.32 Å². The largest absolute Gasteiger partial charge is 0.478 e. The molecule has 0 aromatic heterocycles. The second kappa shape index (κ2) is 6.39. The maximum atomic E-state index is 13.3. The van der Waals surface area contributed by atoms with Crippen LogP contribution in [0.1, 0.15) is 58.3 Å². The summed E-state index contributed by atoms with van der Waals surface area (Å²) in [6.07, 6.45) is -1.27. The molecule has 1 aliphatic heterocycles. The van der Waals surface area contributed by atoms with Crippen LogP contribution in [0.2, 0.25) is 5.02 Å². The van der Waals surface area contributed by atoms with Gasteiger partial charge in [0.1, 0.15) is 0 Å². The van der Waals surface area contributed by atoms with Crippen molar-refractivity contribution in [2.24, 2.45) is 17.8 Å². The van der Waals surface area contributed by atoms with Crippen molar-refractivity contribution in [1.29, 1.82) is 0 Å². The predicted molar refractivity (Wildman–Crippen MR) is 103 cm³/mol. The Balaban J connectivity index is 1.67. The van der Waals surface area contributed by atoms with Crippen LogP contribution >= 0.6 is 11.6 Å². The molecule has 0 spiro atoms. The number of carboxylic acids is 1. The molecule has 1 heterocycles. The van der Waals surface area contributed by atoms with Crippen LogP contribution in [0.25, 0.3) is 0 Å². The summed E-state index contributed by atoms with van der Waals surface area (Å²) >= 11 is 6.23. The van der Waals surface area contributed by atoms with Gasteiger partial charge in [-0.15, -0.1) is 0 Å². The highest BCUT2D eigenvalue weighted by Gasteiger charge is 2.54. The maximum absolute atomic E-state index is 13.3. The van der Waals surface area contributed by atoms with Gasteiger partial charge < -0.3 is 10.4 Å². The van der Waals surface area contributed by atoms with Crippen LogP contribution < -0.4 is 5.32 Å². The fraction of sp³-hybridized carbons (Fsp3) is 0.409. The van der Waals surface area contributed by atoms with Crippen molar-refractivity contribution in [3.05, 3.63) is 63.7 Å². The number of hydrogen-bond donors (Lipinski definition) is 2. The molecule has 2 N–H and O–H groups in total. The Kier molecular flexibility index (Phi) is 4.14. The van der Waals surface area contributed by atoms with Crippen molar-refractivity contribution in [2.45, 2.75) is 37.4 Å². The number of nitrogens with one attached hydrogen (secondary N) is 1. The van der Waals surface area contributed by atoms with E-state index in [9.17, 15) is 23.1 Å². The number of carbonyl (C=O) groups is 1. The molecule has 3 aliphatic rings. The summed E-state index contributed by atoms with van der Waals surface area (Å²) in [5.41, 5.74) is 1.34. The number of anilines is 1. The zero-order valence-corrected chi connectivity index (χ0v) is 16.1. The van der Waals surface area contributed by atoms with Gasteiger partial charge in [0.15, 0.2) is 0 Å². The van der Waals surface area contributed by atoms with Crippen LogP contribution in [0.5, 0.6) is 0 Å². The van der Waals surface area contributed by atoms with E-state index in [1.54, 1.807) is 6.07 Å². The standard InChI is InChI=1S/C22H19ClF3NO2/c23-14-8-15-17-10-4-5-11(6-10)18(17)19(27-20(15)16(9-14)21(28)29)12-2-1-3-13(7-12)22(24,25)26/h1-3,7-11,17-19,27H,4-6H2,(H,28,29)/t10-,11-,17+,18+,19+/m0/s1. The number of aromatic carboxylic acids is 1. The lowest BCUT2D eigenvalue weighted by Gasteiger charge is -2.44. The Labute approximate surface area is 170 Å². The van der Waals surface area contributed by atoms with E-state index in [-0.39, 0.29) is 23.4 Å². The summed E-state index contributed by atoms with van der Waals surface area (Å²) in [5.74, 6) is -0.0245. The first-order valence-electron chi connectivity index (χ1n) is 9.74. The van der Waals surface area contributed by atoms with Crippen molar-refractivity contribution >= 4 is 23.3 Å². The minimum atomic E-state index is -4.42. The van der Waals surface area contributed by atoms with Crippen molar-refractivity contribution in [3.8, 4) is 0 Å². The molecule has 2 saturated carbocycles. The van der Waals surface area contributed by atoms with Gasteiger partial charge in [0.2, 0.25) is 0 Å². The van der Waals surface area contributed by atoms with Gasteiger partial charge in [0.05, 0.1) is 22.9 Å². The molecule has 5 rings (SSSR count). The summed E-state index contributed by atoms with van der Waals surface area (Å²) in [7, 11) is 0. The van der Waals surface area contributed by atoms with Gasteiger partial charge >= 0.3 is 12.1 Å². The van der Waals surface area contributed by atoms with Crippen molar-refractivity contribution in [1.82, 2.24) is 0 Å². The lowest BCUT2D eigenvalue weighted by atomic mass is 9.67. The third kappa shape index (κ3) is 2.91. The first kappa shape index (κ1) is 18.8. The van der Waals surface area contributed by atoms with E-state index in [0.717, 1.165) is 30.9 Å². The van der Waals surface area contributed by atoms with E-state index in [0.29, 0.717) is 28.1 Å². The van der Waals surface area contributed by atoms with Crippen LogP contribution in [0.15, 0.2) is 36.4 Å². The second-order valence-electron chi connectivity index (χ2n) is 8.40. The Morgan fingerprint density at radius 3 is 2.62 bits per heavy atom. The van der Waals surface area contributed by atoms with Crippen LogP contribution in [-0.4, -0.2) is 11.1 Å². The first-order chi connectivity index (χ1) is 13.7. The molecule has 29 heavy (non-hydrogen) atoms. The lowest BCUT2D eigenvalue weighted by molar-refractivity contribution is -0.137. The molecule has 0 unspecified atom stereocenters. The average molecular weight is 422 g/mol. The van der Waals surface area contributed by atoms with Gasteiger partial charge in [-0.25, -0.2) is 4.79 Å². The molecule has 2 aliphatic carbocycles. The van der Waals surface area contributed by atoms with Gasteiger partial charge in [-0.3, -0.25) is 0 Å². The SMILES string of the molecule is O=C(O)c1cc(Cl)cc2c1N[C@H](c1cccc(C(F)(F)F)c1)[C@@H]1[C@H]3CC[C@@H](C3)[C@H]21. The van der Waals surface area contributed by atoms with Gasteiger partial charge in [0, 0.05) is 5.02 Å². The van der Waals surface area contributed by atoms with Gasteiger partial charge in [-0.1, -0.05) is 23.7 Å². The molecule has 2 aromatic rings. The van der Waals surface area contributed by atoms with E-state index in [4.69, 9.17) is 11.6 Å². The Hall–Kier alpha value is -2.21. The van der Waals surface area contributed by atoms with Crippen LogP contribution in [-0.2, 0) is 6.18 Å². The van der Waals surface area contributed by atoms with Gasteiger partial charge in [0.25, 0.3) is 0 Å². The van der Waals surface area contributed by atoms with E-state index < -0.39 is 17.7 Å². The monoisotopic (exact) mass is 421 g/mol. The highest BCUT2D eigenvalue weighted by atomic mass is 35.5. The number of fused-ring (bicyclic) bond motifs is 7. The van der Waals surface area contributed by atoms with Gasteiger partial charge in [-0.2, -0.15) is 13.2 Å². The number of benzene rings is 2. The van der Waals surface area contributed by atoms with Crippen molar-refractivity contribution < 1.29 is 23.1 Å². The molecule has 3 nitrogen and oxygen atoms in total. The lowest BCUT2D eigenvalue weighted by Crippen LogP contribution is -2.36. The average Bonchev–Trinajstić information content (AvgIpc) is 3.28. The second-order valence-corrected chi connectivity index (χ2v) is 8.84. The van der Waals surface area contributed by atoms with Crippen LogP contribution in [0.4, 0.5) is 18.9 Å². The molecule has 5 atom stereocenters. The summed E-state index contributed by atoms with van der Waals surface area (Å²) < 4.78 is 39.9. The molecular weight excluding hydrogens is 403 g/mol. The third-order valence-electron chi connectivity index (χ3n) is 6.96. The van der Waals surface area contributed by atoms with Crippen LogP contribution in [0, 0.1) is 17.8 Å². The Bertz CT molecular complexity index is 1010. The molecular formula is C22H19ClF3NO2. The molecule has 7 heteroatoms. The molecule has 152 valence electrons. The number of alkyl halides is 3. The highest BCUT2D eigenvalue weighted by Crippen LogP contribution is 2.64. The van der Waals surface area contributed by atoms with Gasteiger partial charge in [-0.05, 0) is 78.3 Å². The summed E-state index contributed by atoms with van der Waals surface area (Å²) in [4.78, 5) is 11.9. The molecule has 0 radical (unpaired) electrons. The maximum Gasteiger partial charge on any atom is 0.416 e. The number of rotatable bonds is 2. The molecule has 0 amide bonds. The minimum Gasteiger partial charge on any atom is -0.478 e. The molecule has 2 fully saturated rings. The smallest absolute Gasteiger partial charge is 0.416 e. The fourth-order valence-electron chi connectivity index (χ4n) is 5.96. The number of hydrogen-bond acceptors (Lipinski definition) is 2. The first-order valence-corrected chi connectivity index (χ1v) is 10.1. The zero-order valence-electron chi connectivity index (χ0n) is 15.3. The minimum absolute atomic E-state index is 0.0747. The zero-order chi connectivity index (χ0) is 20.5. The van der Waals surface area contributed by atoms with Crippen molar-refractivity contribution in [2.75, 3.05) is 5.32 Å². The summed E-state index contributed by atoms with van der Waals surface area (Å²) in [5, 5.41) is 13.4. The fourth-order valence-corrected chi connectivity index (χ4v) is 6.19. The molecule has 2 bridgehead atoms. The predicted octanol–water partition coefficient (Wildman–Crippen LogP) is 6.35.